The molecule has 1 nitrogen and oxygen atoms in total. The van der Waals surface area contributed by atoms with Gasteiger partial charge in [-0.05, 0) is 40.8 Å². The molecule has 0 amide bonds. The van der Waals surface area contributed by atoms with E-state index in [0.29, 0.717) is 10.5 Å². The normalized spacial score (nSPS) is 10.9. The molecule has 0 saturated heterocycles. The molecule has 0 aliphatic heterocycles. The summed E-state index contributed by atoms with van der Waals surface area (Å²) in [6.45, 7) is 0. The topological polar surface area (TPSA) is 15.8 Å². The Kier molecular flexibility index (Phi) is 2.00. The van der Waals surface area contributed by atoms with E-state index in [4.69, 9.17) is 11.6 Å². The van der Waals surface area contributed by atoms with Crippen LogP contribution < -0.4 is 0 Å². The van der Waals surface area contributed by atoms with Gasteiger partial charge in [-0.3, -0.25) is 0 Å². The number of fused-ring (bicyclic) bond motifs is 1. The predicted molar refractivity (Wildman–Crippen MR) is 56.0 cm³/mol. The Bertz CT molecular complexity index is 438. The van der Waals surface area contributed by atoms with Gasteiger partial charge in [0, 0.05) is 10.4 Å². The van der Waals surface area contributed by atoms with Crippen molar-refractivity contribution in [3.05, 3.63) is 32.7 Å². The Hall–Kier alpha value is -0.290. The number of H-pyrrole nitrogens is 1. The van der Waals surface area contributed by atoms with Crippen LogP contribution in [0.25, 0.3) is 10.9 Å². The van der Waals surface area contributed by atoms with Gasteiger partial charge in [0.2, 0.25) is 0 Å². The Morgan fingerprint density at radius 2 is 2.08 bits per heavy atom. The molecule has 0 bridgehead atoms. The first-order chi connectivity index (χ1) is 5.66. The molecule has 2 aromatic rings. The van der Waals surface area contributed by atoms with E-state index in [1.807, 2.05) is 6.07 Å². The highest BCUT2D eigenvalue weighted by Gasteiger charge is 2.04. The van der Waals surface area contributed by atoms with Crippen molar-refractivity contribution in [2.45, 2.75) is 0 Å². The molecule has 62 valence electrons. The third-order valence-corrected chi connectivity index (χ3v) is 2.41. The van der Waals surface area contributed by atoms with Crippen LogP contribution >= 0.6 is 34.2 Å². The maximum absolute atomic E-state index is 13.1. The van der Waals surface area contributed by atoms with Crippen molar-refractivity contribution in [1.82, 2.24) is 4.98 Å². The minimum absolute atomic E-state index is 0.305. The minimum Gasteiger partial charge on any atom is -0.348 e. The predicted octanol–water partition coefficient (Wildman–Crippen LogP) is 3.57. The van der Waals surface area contributed by atoms with E-state index in [9.17, 15) is 4.39 Å². The van der Waals surface area contributed by atoms with Crippen LogP contribution in [0.3, 0.4) is 0 Å². The molecular weight excluding hydrogens is 291 g/mol. The van der Waals surface area contributed by atoms with E-state index in [1.54, 1.807) is 6.07 Å². The SMILES string of the molecule is Fc1cc(Cl)cc2cc(I)[nH]c12. The number of aromatic amines is 1. The number of rotatable bonds is 0. The zero-order valence-corrected chi connectivity index (χ0v) is 8.78. The number of benzene rings is 1. The Morgan fingerprint density at radius 3 is 2.83 bits per heavy atom. The molecule has 0 aliphatic rings. The largest absolute Gasteiger partial charge is 0.348 e. The van der Waals surface area contributed by atoms with Gasteiger partial charge < -0.3 is 4.98 Å². The number of hydrogen-bond acceptors (Lipinski definition) is 0. The molecule has 0 saturated carbocycles. The third kappa shape index (κ3) is 1.31. The van der Waals surface area contributed by atoms with Crippen molar-refractivity contribution < 1.29 is 4.39 Å². The smallest absolute Gasteiger partial charge is 0.148 e. The summed E-state index contributed by atoms with van der Waals surface area (Å²) in [6.07, 6.45) is 0. The van der Waals surface area contributed by atoms with Gasteiger partial charge in [0.15, 0.2) is 0 Å². The van der Waals surface area contributed by atoms with Crippen LogP contribution in [-0.2, 0) is 0 Å². The molecule has 4 heteroatoms. The molecule has 1 aromatic carbocycles. The van der Waals surface area contributed by atoms with E-state index in [-0.39, 0.29) is 5.82 Å². The average Bonchev–Trinajstić information content (AvgIpc) is 2.29. The molecule has 0 atom stereocenters. The first-order valence-corrected chi connectivity index (χ1v) is 4.76. The van der Waals surface area contributed by atoms with Gasteiger partial charge in [-0.25, -0.2) is 4.39 Å². The van der Waals surface area contributed by atoms with Crippen molar-refractivity contribution in [3.63, 3.8) is 0 Å². The lowest BCUT2D eigenvalue weighted by Gasteiger charge is -1.92. The van der Waals surface area contributed by atoms with Gasteiger partial charge >= 0.3 is 0 Å². The zero-order chi connectivity index (χ0) is 8.72. The highest BCUT2D eigenvalue weighted by Crippen LogP contribution is 2.23. The molecule has 2 rings (SSSR count). The second kappa shape index (κ2) is 2.88. The maximum atomic E-state index is 13.1. The van der Waals surface area contributed by atoms with Gasteiger partial charge in [-0.1, -0.05) is 11.6 Å². The second-order valence-electron chi connectivity index (χ2n) is 2.47. The minimum atomic E-state index is -0.305. The van der Waals surface area contributed by atoms with E-state index >= 15 is 0 Å². The first-order valence-electron chi connectivity index (χ1n) is 3.30. The summed E-state index contributed by atoms with van der Waals surface area (Å²) >= 11 is 7.77. The van der Waals surface area contributed by atoms with Crippen molar-refractivity contribution in [1.29, 1.82) is 0 Å². The lowest BCUT2D eigenvalue weighted by molar-refractivity contribution is 0.637. The van der Waals surface area contributed by atoms with Crippen molar-refractivity contribution in [3.8, 4) is 0 Å². The fraction of sp³-hybridized carbons (Fsp3) is 0. The van der Waals surface area contributed by atoms with E-state index < -0.39 is 0 Å². The fourth-order valence-corrected chi connectivity index (χ4v) is 1.95. The molecular formula is C8H4ClFIN. The lowest BCUT2D eigenvalue weighted by atomic mass is 10.2. The number of hydrogen-bond donors (Lipinski definition) is 1. The number of aromatic nitrogens is 1. The summed E-state index contributed by atoms with van der Waals surface area (Å²) in [5, 5.41) is 1.24. The summed E-state index contributed by atoms with van der Waals surface area (Å²) in [5.74, 6) is -0.305. The van der Waals surface area contributed by atoms with Crippen molar-refractivity contribution in [2.75, 3.05) is 0 Å². The van der Waals surface area contributed by atoms with Gasteiger partial charge in [0.25, 0.3) is 0 Å². The van der Waals surface area contributed by atoms with Crippen molar-refractivity contribution in [2.24, 2.45) is 0 Å². The molecule has 0 aliphatic carbocycles. The Labute approximate surface area is 87.1 Å². The number of nitrogens with one attached hydrogen (secondary N) is 1. The summed E-state index contributed by atoms with van der Waals surface area (Å²) in [5.41, 5.74) is 0.517. The van der Waals surface area contributed by atoms with Gasteiger partial charge in [0.05, 0.1) is 9.22 Å². The zero-order valence-electron chi connectivity index (χ0n) is 5.87. The highest BCUT2D eigenvalue weighted by atomic mass is 127. The highest BCUT2D eigenvalue weighted by molar-refractivity contribution is 14.1. The van der Waals surface area contributed by atoms with E-state index in [2.05, 4.69) is 27.6 Å². The average molecular weight is 295 g/mol. The molecule has 1 N–H and O–H groups in total. The summed E-state index contributed by atoms with van der Waals surface area (Å²) in [6, 6.07) is 4.89. The van der Waals surface area contributed by atoms with Gasteiger partial charge in [0.1, 0.15) is 5.82 Å². The van der Waals surface area contributed by atoms with Gasteiger partial charge in [-0.2, -0.15) is 0 Å². The van der Waals surface area contributed by atoms with Crippen LogP contribution in [0.1, 0.15) is 0 Å². The van der Waals surface area contributed by atoms with E-state index in [0.717, 1.165) is 9.09 Å². The van der Waals surface area contributed by atoms with Gasteiger partial charge in [-0.15, -0.1) is 0 Å². The quantitative estimate of drug-likeness (QED) is 0.715. The first kappa shape index (κ1) is 8.31. The third-order valence-electron chi connectivity index (χ3n) is 1.61. The standard InChI is InChI=1S/C8H4ClFIN/c9-5-1-4-2-7(11)12-8(4)6(10)3-5/h1-3,12H. The molecule has 1 aromatic heterocycles. The Balaban J connectivity index is 2.88. The number of halogens is 3. The molecule has 1 heterocycles. The molecule has 0 fully saturated rings. The summed E-state index contributed by atoms with van der Waals surface area (Å²) in [7, 11) is 0. The molecule has 0 radical (unpaired) electrons. The van der Waals surface area contributed by atoms with Crippen LogP contribution in [0.4, 0.5) is 4.39 Å². The molecule has 12 heavy (non-hydrogen) atoms. The van der Waals surface area contributed by atoms with Crippen LogP contribution in [-0.4, -0.2) is 4.98 Å². The van der Waals surface area contributed by atoms with E-state index in [1.165, 1.54) is 6.07 Å². The molecule has 0 spiro atoms. The van der Waals surface area contributed by atoms with Crippen molar-refractivity contribution >= 4 is 45.1 Å². The second-order valence-corrected chi connectivity index (χ2v) is 4.07. The fourth-order valence-electron chi connectivity index (χ4n) is 1.13. The lowest BCUT2D eigenvalue weighted by Crippen LogP contribution is -1.77. The van der Waals surface area contributed by atoms with Crippen LogP contribution in [0.5, 0.6) is 0 Å². The molecule has 0 unspecified atom stereocenters. The Morgan fingerprint density at radius 1 is 1.33 bits per heavy atom. The summed E-state index contributed by atoms with van der Waals surface area (Å²) < 4.78 is 14.0. The van der Waals surface area contributed by atoms with Crippen LogP contribution in [0, 0.1) is 9.52 Å². The van der Waals surface area contributed by atoms with Crippen LogP contribution in [0.15, 0.2) is 18.2 Å². The summed E-state index contributed by atoms with van der Waals surface area (Å²) in [4.78, 5) is 2.91. The van der Waals surface area contributed by atoms with Crippen LogP contribution in [0.2, 0.25) is 5.02 Å². The monoisotopic (exact) mass is 295 g/mol. The maximum Gasteiger partial charge on any atom is 0.148 e.